The van der Waals surface area contributed by atoms with Gasteiger partial charge in [-0.2, -0.15) is 0 Å². The SMILES string of the molecule is Cc1ccc(CSCC(=O)N2CCNC(=O)C2)cc1. The Balaban J connectivity index is 1.74. The molecular weight excluding hydrogens is 260 g/mol. The van der Waals surface area contributed by atoms with Crippen LogP contribution in [0.2, 0.25) is 0 Å². The third kappa shape index (κ3) is 4.28. The number of rotatable bonds is 4. The first kappa shape index (κ1) is 13.9. The monoisotopic (exact) mass is 278 g/mol. The molecule has 0 bridgehead atoms. The summed E-state index contributed by atoms with van der Waals surface area (Å²) in [6, 6.07) is 8.32. The molecule has 19 heavy (non-hydrogen) atoms. The van der Waals surface area contributed by atoms with Crippen LogP contribution in [0.4, 0.5) is 0 Å². The summed E-state index contributed by atoms with van der Waals surface area (Å²) in [5.41, 5.74) is 2.46. The minimum atomic E-state index is -0.0665. The minimum absolute atomic E-state index is 0.0481. The van der Waals surface area contributed by atoms with E-state index in [0.29, 0.717) is 18.8 Å². The third-order valence-electron chi connectivity index (χ3n) is 3.01. The summed E-state index contributed by atoms with van der Waals surface area (Å²) in [7, 11) is 0. The van der Waals surface area contributed by atoms with Gasteiger partial charge in [-0.05, 0) is 12.5 Å². The lowest BCUT2D eigenvalue weighted by Crippen LogP contribution is -2.50. The van der Waals surface area contributed by atoms with Crippen LogP contribution < -0.4 is 5.32 Å². The van der Waals surface area contributed by atoms with Crippen molar-refractivity contribution in [2.45, 2.75) is 12.7 Å². The molecule has 1 aromatic carbocycles. The second-order valence-electron chi connectivity index (χ2n) is 4.64. The first-order valence-electron chi connectivity index (χ1n) is 6.33. The van der Waals surface area contributed by atoms with Gasteiger partial charge in [-0.3, -0.25) is 9.59 Å². The molecule has 0 unspecified atom stereocenters. The summed E-state index contributed by atoms with van der Waals surface area (Å²) in [6.07, 6.45) is 0. The van der Waals surface area contributed by atoms with Crippen LogP contribution in [-0.4, -0.2) is 42.1 Å². The Kier molecular flexibility index (Phi) is 4.85. The van der Waals surface area contributed by atoms with E-state index in [0.717, 1.165) is 5.75 Å². The number of carbonyl (C=O) groups is 2. The molecule has 2 rings (SSSR count). The second kappa shape index (κ2) is 6.61. The van der Waals surface area contributed by atoms with Gasteiger partial charge >= 0.3 is 0 Å². The van der Waals surface area contributed by atoms with Crippen LogP contribution in [0.3, 0.4) is 0 Å². The van der Waals surface area contributed by atoms with E-state index < -0.39 is 0 Å². The molecule has 0 aliphatic carbocycles. The summed E-state index contributed by atoms with van der Waals surface area (Å²) in [6.45, 7) is 3.44. The van der Waals surface area contributed by atoms with Crippen molar-refractivity contribution in [1.29, 1.82) is 0 Å². The number of aryl methyl sites for hydroxylation is 1. The first-order chi connectivity index (χ1) is 9.15. The number of piperazine rings is 1. The molecule has 0 aromatic heterocycles. The summed E-state index contributed by atoms with van der Waals surface area (Å²) >= 11 is 1.59. The minimum Gasteiger partial charge on any atom is -0.353 e. The molecule has 1 aliphatic heterocycles. The van der Waals surface area contributed by atoms with Crippen LogP contribution in [0.1, 0.15) is 11.1 Å². The van der Waals surface area contributed by atoms with Crippen LogP contribution in [0, 0.1) is 6.92 Å². The van der Waals surface area contributed by atoms with Gasteiger partial charge in [0.15, 0.2) is 0 Å². The number of nitrogens with one attached hydrogen (secondary N) is 1. The molecule has 102 valence electrons. The van der Waals surface area contributed by atoms with Gasteiger partial charge in [-0.25, -0.2) is 0 Å². The average molecular weight is 278 g/mol. The fourth-order valence-electron chi connectivity index (χ4n) is 1.88. The molecule has 0 saturated carbocycles. The van der Waals surface area contributed by atoms with Gasteiger partial charge in [0.1, 0.15) is 0 Å². The van der Waals surface area contributed by atoms with E-state index in [9.17, 15) is 9.59 Å². The maximum Gasteiger partial charge on any atom is 0.239 e. The zero-order valence-electron chi connectivity index (χ0n) is 11.0. The Morgan fingerprint density at radius 1 is 1.37 bits per heavy atom. The molecule has 5 heteroatoms. The van der Waals surface area contributed by atoms with E-state index in [-0.39, 0.29) is 18.4 Å². The largest absolute Gasteiger partial charge is 0.353 e. The molecule has 0 spiro atoms. The molecule has 1 saturated heterocycles. The number of amides is 2. The molecule has 2 amide bonds. The quantitative estimate of drug-likeness (QED) is 0.900. The molecule has 1 aromatic rings. The van der Waals surface area contributed by atoms with Crippen molar-refractivity contribution in [2.24, 2.45) is 0 Å². The second-order valence-corrected chi connectivity index (χ2v) is 5.63. The Morgan fingerprint density at radius 3 is 2.79 bits per heavy atom. The van der Waals surface area contributed by atoms with Crippen molar-refractivity contribution < 1.29 is 9.59 Å². The van der Waals surface area contributed by atoms with Crippen LogP contribution in [-0.2, 0) is 15.3 Å². The number of hydrogen-bond acceptors (Lipinski definition) is 3. The lowest BCUT2D eigenvalue weighted by atomic mass is 10.2. The van der Waals surface area contributed by atoms with E-state index >= 15 is 0 Å². The number of thioether (sulfide) groups is 1. The predicted molar refractivity (Wildman–Crippen MR) is 76.9 cm³/mol. The molecular formula is C14H18N2O2S. The number of hydrogen-bond donors (Lipinski definition) is 1. The van der Waals surface area contributed by atoms with Crippen molar-refractivity contribution in [2.75, 3.05) is 25.4 Å². The Labute approximate surface area is 117 Å². The van der Waals surface area contributed by atoms with Crippen molar-refractivity contribution >= 4 is 23.6 Å². The lowest BCUT2D eigenvalue weighted by molar-refractivity contribution is -0.136. The Hall–Kier alpha value is -1.49. The fraction of sp³-hybridized carbons (Fsp3) is 0.429. The van der Waals surface area contributed by atoms with Crippen molar-refractivity contribution in [3.63, 3.8) is 0 Å². The summed E-state index contributed by atoms with van der Waals surface area (Å²) < 4.78 is 0. The van der Waals surface area contributed by atoms with Crippen molar-refractivity contribution in [1.82, 2.24) is 10.2 Å². The smallest absolute Gasteiger partial charge is 0.239 e. The maximum atomic E-state index is 11.9. The molecule has 4 nitrogen and oxygen atoms in total. The van der Waals surface area contributed by atoms with Crippen LogP contribution in [0.15, 0.2) is 24.3 Å². The highest BCUT2D eigenvalue weighted by Gasteiger charge is 2.20. The summed E-state index contributed by atoms with van der Waals surface area (Å²) in [4.78, 5) is 24.7. The average Bonchev–Trinajstić information content (AvgIpc) is 2.41. The highest BCUT2D eigenvalue weighted by molar-refractivity contribution is 7.99. The topological polar surface area (TPSA) is 49.4 Å². The molecule has 1 N–H and O–H groups in total. The third-order valence-corrected chi connectivity index (χ3v) is 3.99. The Morgan fingerprint density at radius 2 is 2.11 bits per heavy atom. The molecule has 0 radical (unpaired) electrons. The van der Waals surface area contributed by atoms with Gasteiger partial charge in [0.05, 0.1) is 12.3 Å². The number of carbonyl (C=O) groups excluding carboxylic acids is 2. The maximum absolute atomic E-state index is 11.9. The van der Waals surface area contributed by atoms with Gasteiger partial charge in [-0.15, -0.1) is 11.8 Å². The van der Waals surface area contributed by atoms with Crippen LogP contribution in [0.5, 0.6) is 0 Å². The van der Waals surface area contributed by atoms with Crippen molar-refractivity contribution in [3.05, 3.63) is 35.4 Å². The normalized spacial score (nSPS) is 15.2. The highest BCUT2D eigenvalue weighted by Crippen LogP contribution is 2.13. The van der Waals surface area contributed by atoms with Gasteiger partial charge in [0.2, 0.25) is 11.8 Å². The van der Waals surface area contributed by atoms with Gasteiger partial charge in [0, 0.05) is 18.8 Å². The van der Waals surface area contributed by atoms with E-state index in [1.54, 1.807) is 16.7 Å². The van der Waals surface area contributed by atoms with E-state index in [1.807, 2.05) is 0 Å². The van der Waals surface area contributed by atoms with Gasteiger partial charge in [-0.1, -0.05) is 29.8 Å². The molecule has 1 fully saturated rings. The molecule has 1 heterocycles. The zero-order chi connectivity index (χ0) is 13.7. The predicted octanol–water partition coefficient (Wildman–Crippen LogP) is 1.19. The van der Waals surface area contributed by atoms with Crippen LogP contribution >= 0.6 is 11.8 Å². The van der Waals surface area contributed by atoms with Crippen molar-refractivity contribution in [3.8, 4) is 0 Å². The number of benzene rings is 1. The van der Waals surface area contributed by atoms with E-state index in [1.165, 1.54) is 11.1 Å². The van der Waals surface area contributed by atoms with Crippen LogP contribution in [0.25, 0.3) is 0 Å². The van der Waals surface area contributed by atoms with E-state index in [4.69, 9.17) is 0 Å². The molecule has 1 aliphatic rings. The van der Waals surface area contributed by atoms with E-state index in [2.05, 4.69) is 36.5 Å². The fourth-order valence-corrected chi connectivity index (χ4v) is 2.77. The molecule has 0 atom stereocenters. The standard InChI is InChI=1S/C14H18N2O2S/c1-11-2-4-12(5-3-11)9-19-10-14(18)16-7-6-15-13(17)8-16/h2-5H,6-10H2,1H3,(H,15,17). The zero-order valence-corrected chi connectivity index (χ0v) is 11.8. The first-order valence-corrected chi connectivity index (χ1v) is 7.48. The summed E-state index contributed by atoms with van der Waals surface area (Å²) in [5, 5.41) is 2.71. The van der Waals surface area contributed by atoms with Gasteiger partial charge < -0.3 is 10.2 Å². The highest BCUT2D eigenvalue weighted by atomic mass is 32.2. The summed E-state index contributed by atoms with van der Waals surface area (Å²) in [5.74, 6) is 1.24. The van der Waals surface area contributed by atoms with Gasteiger partial charge in [0.25, 0.3) is 0 Å². The Bertz CT molecular complexity index is 459. The number of nitrogens with zero attached hydrogens (tertiary/aromatic N) is 1. The lowest BCUT2D eigenvalue weighted by Gasteiger charge is -2.26.